The van der Waals surface area contributed by atoms with Crippen LogP contribution in [0.15, 0.2) is 73.7 Å². The third-order valence-electron chi connectivity index (χ3n) is 6.16. The van der Waals surface area contributed by atoms with Crippen molar-refractivity contribution in [1.82, 2.24) is 19.9 Å². The number of hydrogen-bond acceptors (Lipinski definition) is 8. The lowest BCUT2D eigenvalue weighted by molar-refractivity contribution is -0.132. The summed E-state index contributed by atoms with van der Waals surface area (Å²) in [7, 11) is 0. The number of halogens is 2. The molecule has 0 aliphatic carbocycles. The second kappa shape index (κ2) is 12.2. The Balaban J connectivity index is 1.31. The number of carbonyl (C=O) groups is 2. The molecule has 12 heteroatoms. The number of amides is 2. The molecule has 1 fully saturated rings. The molecule has 40 heavy (non-hydrogen) atoms. The van der Waals surface area contributed by atoms with Crippen LogP contribution >= 0.6 is 23.2 Å². The van der Waals surface area contributed by atoms with E-state index in [-0.39, 0.29) is 17.5 Å². The molecule has 1 aliphatic rings. The lowest BCUT2D eigenvalue weighted by atomic mass is 10.2. The number of ether oxygens (including phenoxy) is 2. The quantitative estimate of drug-likeness (QED) is 0.232. The topological polar surface area (TPSA) is 119 Å². The highest BCUT2D eigenvalue weighted by atomic mass is 35.5. The van der Waals surface area contributed by atoms with Gasteiger partial charge in [0.2, 0.25) is 5.91 Å². The highest BCUT2D eigenvalue weighted by Crippen LogP contribution is 2.34. The highest BCUT2D eigenvalue weighted by Gasteiger charge is 2.30. The van der Waals surface area contributed by atoms with E-state index in [0.717, 1.165) is 12.1 Å². The van der Waals surface area contributed by atoms with Gasteiger partial charge in [-0.05, 0) is 55.0 Å². The van der Waals surface area contributed by atoms with Crippen molar-refractivity contribution in [3.8, 4) is 5.75 Å². The minimum Gasteiger partial charge on any atom is -0.486 e. The largest absolute Gasteiger partial charge is 0.486 e. The van der Waals surface area contributed by atoms with Crippen LogP contribution in [0.5, 0.6) is 5.75 Å². The van der Waals surface area contributed by atoms with Gasteiger partial charge in [-0.3, -0.25) is 15.1 Å². The summed E-state index contributed by atoms with van der Waals surface area (Å²) in [6.45, 7) is 4.27. The first-order valence-electron chi connectivity index (χ1n) is 12.4. The molecule has 2 aromatic heterocycles. The third-order valence-corrected chi connectivity index (χ3v) is 6.76. The number of rotatable bonds is 8. The molecule has 4 aromatic rings. The van der Waals surface area contributed by atoms with Crippen molar-refractivity contribution in [2.75, 3.05) is 17.2 Å². The average molecular weight is 579 g/mol. The highest BCUT2D eigenvalue weighted by molar-refractivity contribution is 6.34. The van der Waals surface area contributed by atoms with Crippen molar-refractivity contribution in [1.29, 1.82) is 0 Å². The molecular formula is C28H24Cl2N6O4. The monoisotopic (exact) mass is 578 g/mol. The lowest BCUT2D eigenvalue weighted by Gasteiger charge is -2.23. The van der Waals surface area contributed by atoms with E-state index in [1.807, 2.05) is 18.2 Å². The first kappa shape index (κ1) is 27.2. The predicted molar refractivity (Wildman–Crippen MR) is 153 cm³/mol. The number of likely N-dealkylation sites (tertiary alicyclic amines) is 1. The van der Waals surface area contributed by atoms with Crippen LogP contribution in [0.2, 0.25) is 10.0 Å². The molecule has 0 radical (unpaired) electrons. The second-order valence-corrected chi connectivity index (χ2v) is 9.63. The van der Waals surface area contributed by atoms with Gasteiger partial charge in [0.25, 0.3) is 0 Å². The van der Waals surface area contributed by atoms with E-state index in [0.29, 0.717) is 51.8 Å². The fourth-order valence-electron chi connectivity index (χ4n) is 4.23. The Morgan fingerprint density at radius 2 is 1.98 bits per heavy atom. The summed E-state index contributed by atoms with van der Waals surface area (Å²) in [5.74, 6) is 0.687. The summed E-state index contributed by atoms with van der Waals surface area (Å²) in [6.07, 6.45) is 4.15. The fraction of sp³-hybridized carbons (Fsp3) is 0.179. The summed E-state index contributed by atoms with van der Waals surface area (Å²) < 4.78 is 11.3. The molecule has 1 saturated heterocycles. The summed E-state index contributed by atoms with van der Waals surface area (Å²) in [6, 6.07) is 14.1. The fourth-order valence-corrected chi connectivity index (χ4v) is 4.67. The van der Waals surface area contributed by atoms with E-state index in [1.165, 1.54) is 17.3 Å². The average Bonchev–Trinajstić information content (AvgIpc) is 3.41. The normalized spacial score (nSPS) is 14.6. The number of anilines is 3. The number of fused-ring (bicyclic) bond motifs is 1. The van der Waals surface area contributed by atoms with Crippen molar-refractivity contribution in [3.63, 3.8) is 0 Å². The van der Waals surface area contributed by atoms with Gasteiger partial charge in [-0.2, -0.15) is 0 Å². The van der Waals surface area contributed by atoms with Crippen LogP contribution in [0.1, 0.15) is 18.5 Å². The summed E-state index contributed by atoms with van der Waals surface area (Å²) in [4.78, 5) is 39.0. The zero-order valence-corrected chi connectivity index (χ0v) is 22.7. The Bertz CT molecular complexity index is 1570. The minimum absolute atomic E-state index is 0.261. The van der Waals surface area contributed by atoms with Gasteiger partial charge in [-0.15, -0.1) is 0 Å². The van der Waals surface area contributed by atoms with Crippen LogP contribution in [0.25, 0.3) is 10.9 Å². The zero-order chi connectivity index (χ0) is 28.1. The van der Waals surface area contributed by atoms with Crippen LogP contribution in [0.3, 0.4) is 0 Å². The number of nitrogens with zero attached hydrogens (tertiary/aromatic N) is 4. The minimum atomic E-state index is -0.741. The van der Waals surface area contributed by atoms with E-state index in [4.69, 9.17) is 32.7 Å². The molecule has 5 rings (SSSR count). The number of aromatic nitrogens is 3. The van der Waals surface area contributed by atoms with Gasteiger partial charge in [0, 0.05) is 30.2 Å². The first-order valence-corrected chi connectivity index (χ1v) is 13.1. The summed E-state index contributed by atoms with van der Waals surface area (Å²) >= 11 is 12.9. The lowest BCUT2D eigenvalue weighted by Crippen LogP contribution is -2.38. The molecule has 0 saturated carbocycles. The number of hydrogen-bond donors (Lipinski definition) is 2. The Morgan fingerprint density at radius 3 is 2.75 bits per heavy atom. The van der Waals surface area contributed by atoms with Crippen LogP contribution < -0.4 is 15.4 Å². The standard InChI is InChI=1S/C28H24Cl2N6O4/c1-2-25(37)36-11-5-7-26(36)40-28(38)35-23-13-19-22(14-20(23)29)32-16-33-27(19)34-17-8-9-24(21(30)12-17)39-15-18-6-3-4-10-31-18/h2-4,6,8-10,12-14,16,26H,1,5,7,11,15H2,(H,35,38)(H,32,33,34)/t26-/m0/s1. The first-order chi connectivity index (χ1) is 19.4. The Morgan fingerprint density at radius 1 is 1.10 bits per heavy atom. The van der Waals surface area contributed by atoms with Crippen LogP contribution in [0, 0.1) is 0 Å². The van der Waals surface area contributed by atoms with Crippen molar-refractivity contribution >= 4 is 63.3 Å². The molecule has 1 aliphatic heterocycles. The molecular weight excluding hydrogens is 555 g/mol. The molecule has 2 N–H and O–H groups in total. The van der Waals surface area contributed by atoms with E-state index >= 15 is 0 Å². The van der Waals surface area contributed by atoms with Gasteiger partial charge >= 0.3 is 6.09 Å². The molecule has 1 atom stereocenters. The summed E-state index contributed by atoms with van der Waals surface area (Å²) in [5.41, 5.74) is 2.30. The number of benzene rings is 2. The smallest absolute Gasteiger partial charge is 0.413 e. The van der Waals surface area contributed by atoms with Gasteiger partial charge < -0.3 is 19.7 Å². The van der Waals surface area contributed by atoms with E-state index < -0.39 is 12.3 Å². The third kappa shape index (κ3) is 6.24. The van der Waals surface area contributed by atoms with E-state index in [2.05, 4.69) is 32.2 Å². The van der Waals surface area contributed by atoms with Gasteiger partial charge in [-0.25, -0.2) is 14.8 Å². The number of pyridine rings is 1. The van der Waals surface area contributed by atoms with Crippen LogP contribution in [-0.2, 0) is 16.1 Å². The van der Waals surface area contributed by atoms with Crippen molar-refractivity contribution in [2.45, 2.75) is 25.7 Å². The maximum absolute atomic E-state index is 12.7. The SMILES string of the molecule is C=CC(=O)N1CCC[C@@H]1OC(=O)Nc1cc2c(Nc3ccc(OCc4ccccn4)c(Cl)c3)ncnc2cc1Cl. The van der Waals surface area contributed by atoms with E-state index in [9.17, 15) is 9.59 Å². The van der Waals surface area contributed by atoms with Crippen molar-refractivity contribution in [3.05, 3.63) is 89.4 Å². The molecule has 0 unspecified atom stereocenters. The Hall–Kier alpha value is -4.41. The van der Waals surface area contributed by atoms with Gasteiger partial charge in [0.1, 0.15) is 24.5 Å². The number of carbonyl (C=O) groups excluding carboxylic acids is 2. The van der Waals surface area contributed by atoms with Gasteiger partial charge in [0.15, 0.2) is 6.23 Å². The molecule has 3 heterocycles. The molecule has 0 spiro atoms. The zero-order valence-electron chi connectivity index (χ0n) is 21.1. The molecule has 204 valence electrons. The second-order valence-electron chi connectivity index (χ2n) is 8.81. The maximum atomic E-state index is 12.7. The van der Waals surface area contributed by atoms with E-state index in [1.54, 1.807) is 36.5 Å². The molecule has 10 nitrogen and oxygen atoms in total. The predicted octanol–water partition coefficient (Wildman–Crippen LogP) is 6.34. The molecule has 2 aromatic carbocycles. The van der Waals surface area contributed by atoms with Crippen LogP contribution in [-0.4, -0.2) is 44.6 Å². The number of nitrogens with one attached hydrogen (secondary N) is 2. The summed E-state index contributed by atoms with van der Waals surface area (Å²) in [5, 5.41) is 7.15. The van der Waals surface area contributed by atoms with Gasteiger partial charge in [0.05, 0.1) is 26.9 Å². The molecule has 2 amide bonds. The van der Waals surface area contributed by atoms with Gasteiger partial charge in [-0.1, -0.05) is 35.8 Å². The Labute approximate surface area is 239 Å². The maximum Gasteiger partial charge on any atom is 0.413 e. The van der Waals surface area contributed by atoms with Crippen molar-refractivity contribution in [2.24, 2.45) is 0 Å². The van der Waals surface area contributed by atoms with Crippen molar-refractivity contribution < 1.29 is 19.1 Å². The Kier molecular flexibility index (Phi) is 8.28. The molecule has 0 bridgehead atoms. The van der Waals surface area contributed by atoms with Crippen LogP contribution in [0.4, 0.5) is 22.0 Å².